The van der Waals surface area contributed by atoms with Crippen LogP contribution in [0.4, 0.5) is 10.2 Å². The maximum Gasteiger partial charge on any atom is 0.319 e. The number of hydrogen-bond donors (Lipinski definition) is 2. The zero-order chi connectivity index (χ0) is 15.4. The fourth-order valence-corrected chi connectivity index (χ4v) is 3.50. The van der Waals surface area contributed by atoms with Crippen molar-refractivity contribution in [3.05, 3.63) is 12.4 Å². The zero-order valence-electron chi connectivity index (χ0n) is 10.9. The summed E-state index contributed by atoms with van der Waals surface area (Å²) in [5, 5.41) is 10.3. The fourth-order valence-electron chi connectivity index (χ4n) is 2.62. The molecule has 0 radical (unpaired) electrons. The number of ether oxygens (including phenoxy) is 1. The van der Waals surface area contributed by atoms with Crippen molar-refractivity contribution in [1.29, 1.82) is 0 Å². The van der Waals surface area contributed by atoms with E-state index >= 15 is 0 Å². The van der Waals surface area contributed by atoms with Crippen molar-refractivity contribution in [1.82, 2.24) is 19.5 Å². The van der Waals surface area contributed by atoms with Crippen molar-refractivity contribution >= 4 is 25.2 Å². The Morgan fingerprint density at radius 2 is 2.32 bits per heavy atom. The molecule has 2 fully saturated rings. The number of fused-ring (bicyclic) bond motifs is 2. The number of nitrogens with zero attached hydrogens (tertiary/aromatic N) is 4. The Balaban J connectivity index is 1.75. The molecule has 0 spiro atoms. The van der Waals surface area contributed by atoms with E-state index in [4.69, 9.17) is 19.5 Å². The molecule has 12 heteroatoms. The number of aromatic nitrogens is 4. The third-order valence-electron chi connectivity index (χ3n) is 3.60. The summed E-state index contributed by atoms with van der Waals surface area (Å²) >= 11 is 0. The van der Waals surface area contributed by atoms with Gasteiger partial charge in [0, 0.05) is 0 Å². The summed E-state index contributed by atoms with van der Waals surface area (Å²) in [6, 6.07) is 0. The molecule has 118 valence electrons. The van der Waals surface area contributed by atoms with E-state index in [1.165, 1.54) is 10.9 Å². The Morgan fingerprint density at radius 3 is 3.14 bits per heavy atom. The summed E-state index contributed by atoms with van der Waals surface area (Å²) in [4.78, 5) is 11.0. The first-order valence-corrected chi connectivity index (χ1v) is 7.59. The van der Waals surface area contributed by atoms with Gasteiger partial charge in [0.15, 0.2) is 23.2 Å². The number of halogens is 1. The Bertz CT molecular complexity index is 771. The quantitative estimate of drug-likeness (QED) is 0.529. The van der Waals surface area contributed by atoms with Gasteiger partial charge in [-0.2, -0.15) is 14.4 Å². The molecule has 0 aromatic carbocycles. The minimum Gasteiger partial charge on any atom is -0.386 e. The molecule has 0 saturated carbocycles. The maximum absolute atomic E-state index is 13.4. The molecule has 0 amide bonds. The lowest BCUT2D eigenvalue weighted by Gasteiger charge is -2.24. The molecule has 2 saturated heterocycles. The molecule has 2 aliphatic heterocycles. The predicted molar refractivity (Wildman–Crippen MR) is 69.4 cm³/mol. The zero-order valence-corrected chi connectivity index (χ0v) is 11.9. The third kappa shape index (κ3) is 2.02. The molecule has 22 heavy (non-hydrogen) atoms. The Morgan fingerprint density at radius 1 is 1.50 bits per heavy atom. The lowest BCUT2D eigenvalue weighted by Crippen LogP contribution is -2.37. The van der Waals surface area contributed by atoms with E-state index in [0.717, 1.165) is 0 Å². The van der Waals surface area contributed by atoms with Crippen LogP contribution in [0.3, 0.4) is 0 Å². The molecule has 3 N–H and O–H groups in total. The highest BCUT2D eigenvalue weighted by Gasteiger charge is 2.49. The average Bonchev–Trinajstić information content (AvgIpc) is 3.01. The van der Waals surface area contributed by atoms with Crippen LogP contribution in [-0.4, -0.2) is 49.5 Å². The van der Waals surface area contributed by atoms with Gasteiger partial charge < -0.3 is 24.6 Å². The van der Waals surface area contributed by atoms with E-state index < -0.39 is 38.9 Å². The molecule has 2 aliphatic rings. The van der Waals surface area contributed by atoms with Gasteiger partial charge in [-0.25, -0.2) is 4.98 Å². The van der Waals surface area contributed by atoms with Crippen LogP contribution >= 0.6 is 8.25 Å². The lowest BCUT2D eigenvalue weighted by atomic mass is 10.1. The van der Waals surface area contributed by atoms with Gasteiger partial charge in [0.2, 0.25) is 0 Å². The highest BCUT2D eigenvalue weighted by molar-refractivity contribution is 7.33. The Labute approximate surface area is 123 Å². The third-order valence-corrected chi connectivity index (χ3v) is 4.47. The molecular formula is C10H11FN5O5P. The number of anilines is 1. The number of aliphatic hydroxyl groups excluding tert-OH is 1. The summed E-state index contributed by atoms with van der Waals surface area (Å²) in [6.07, 6.45) is -3.17. The van der Waals surface area contributed by atoms with Crippen LogP contribution in [0.5, 0.6) is 0 Å². The summed E-state index contributed by atoms with van der Waals surface area (Å²) in [5.74, 6) is -0.115. The smallest absolute Gasteiger partial charge is 0.319 e. The highest BCUT2D eigenvalue weighted by atomic mass is 31.1. The molecule has 2 unspecified atom stereocenters. The second-order valence-corrected chi connectivity index (χ2v) is 5.93. The minimum absolute atomic E-state index is 0.0358. The van der Waals surface area contributed by atoms with Crippen molar-refractivity contribution < 1.29 is 27.8 Å². The van der Waals surface area contributed by atoms with Crippen molar-refractivity contribution in [2.75, 3.05) is 12.3 Å². The van der Waals surface area contributed by atoms with Crippen molar-refractivity contribution in [2.45, 2.75) is 24.5 Å². The monoisotopic (exact) mass is 331 g/mol. The van der Waals surface area contributed by atoms with E-state index in [9.17, 15) is 14.1 Å². The highest BCUT2D eigenvalue weighted by Crippen LogP contribution is 2.42. The standard InChI is InChI=1S/C10H11FN5O5P/c11-10-14-7(12)4-8(15-10)16(2-13-4)9-5(17)6-3(20-9)1-19-22(18)21-6/h2-3,5-6,9,17,22H,1H2,(H2,12,14,15)/t3?,5-,6+,9+/m0/s1. The molecule has 4 heterocycles. The van der Waals surface area contributed by atoms with Crippen LogP contribution in [-0.2, 0) is 18.3 Å². The molecule has 4 rings (SSSR count). The van der Waals surface area contributed by atoms with Gasteiger partial charge in [0.05, 0.1) is 12.9 Å². The number of rotatable bonds is 1. The summed E-state index contributed by atoms with van der Waals surface area (Å²) < 4.78 is 41.6. The van der Waals surface area contributed by atoms with Gasteiger partial charge in [0.25, 0.3) is 0 Å². The second-order valence-electron chi connectivity index (χ2n) is 4.90. The van der Waals surface area contributed by atoms with Crippen LogP contribution < -0.4 is 5.73 Å². The predicted octanol–water partition coefficient (Wildman–Crippen LogP) is -0.389. The number of nitrogens with two attached hydrogens (primary N) is 1. The largest absolute Gasteiger partial charge is 0.386 e. The normalized spacial score (nSPS) is 34.9. The van der Waals surface area contributed by atoms with Gasteiger partial charge in [-0.1, -0.05) is 0 Å². The lowest BCUT2D eigenvalue weighted by molar-refractivity contribution is -0.0553. The number of nitrogen functional groups attached to an aromatic ring is 1. The molecule has 2 aromatic rings. The van der Waals surface area contributed by atoms with Crippen LogP contribution in [0.25, 0.3) is 11.2 Å². The molecular weight excluding hydrogens is 320 g/mol. The molecule has 2 aromatic heterocycles. The topological polar surface area (TPSA) is 135 Å². The van der Waals surface area contributed by atoms with E-state index in [1.807, 2.05) is 0 Å². The summed E-state index contributed by atoms with van der Waals surface area (Å²) in [5.41, 5.74) is 5.86. The van der Waals surface area contributed by atoms with E-state index in [0.29, 0.717) is 0 Å². The molecule has 0 bridgehead atoms. The van der Waals surface area contributed by atoms with Crippen molar-refractivity contribution in [3.8, 4) is 0 Å². The Kier molecular flexibility index (Phi) is 3.13. The number of hydrogen-bond acceptors (Lipinski definition) is 9. The maximum atomic E-state index is 13.4. The first kappa shape index (κ1) is 14.0. The molecule has 5 atom stereocenters. The van der Waals surface area contributed by atoms with Gasteiger partial charge in [-0.3, -0.25) is 9.13 Å². The average molecular weight is 331 g/mol. The summed E-state index contributed by atoms with van der Waals surface area (Å²) in [7, 11) is -2.65. The van der Waals surface area contributed by atoms with E-state index in [2.05, 4.69) is 15.0 Å². The number of aliphatic hydroxyl groups is 1. The van der Waals surface area contributed by atoms with Crippen LogP contribution in [0, 0.1) is 6.08 Å². The van der Waals surface area contributed by atoms with Crippen LogP contribution in [0.15, 0.2) is 6.33 Å². The van der Waals surface area contributed by atoms with Gasteiger partial charge in [-0.05, 0) is 0 Å². The second kappa shape index (κ2) is 4.93. The van der Waals surface area contributed by atoms with Gasteiger partial charge in [-0.15, -0.1) is 0 Å². The first-order valence-electron chi connectivity index (χ1n) is 6.37. The number of imidazole rings is 1. The van der Waals surface area contributed by atoms with Crippen molar-refractivity contribution in [2.24, 2.45) is 0 Å². The molecule has 10 nitrogen and oxygen atoms in total. The first-order chi connectivity index (χ1) is 10.5. The molecule has 0 aliphatic carbocycles. The SMILES string of the molecule is Nc1nc(F)nc2c1ncn2[C@@H]1OC2CO[PH](=O)O[C@H]2[C@@H]1O. The summed E-state index contributed by atoms with van der Waals surface area (Å²) in [6.45, 7) is 0.0358. The van der Waals surface area contributed by atoms with Crippen molar-refractivity contribution in [3.63, 3.8) is 0 Å². The Hall–Kier alpha value is -1.65. The van der Waals surface area contributed by atoms with E-state index in [1.54, 1.807) is 0 Å². The van der Waals surface area contributed by atoms with Crippen LogP contribution in [0.1, 0.15) is 6.23 Å². The van der Waals surface area contributed by atoms with Gasteiger partial charge >= 0.3 is 14.3 Å². The fraction of sp³-hybridized carbons (Fsp3) is 0.500. The van der Waals surface area contributed by atoms with Crippen LogP contribution in [0.2, 0.25) is 0 Å². The minimum atomic E-state index is -2.65. The van der Waals surface area contributed by atoms with Gasteiger partial charge in [0.1, 0.15) is 18.3 Å². The van der Waals surface area contributed by atoms with E-state index in [-0.39, 0.29) is 23.6 Å².